The number of rotatable bonds is 7. The molecule has 0 saturated heterocycles. The van der Waals surface area contributed by atoms with Gasteiger partial charge in [0.2, 0.25) is 10.0 Å². The molecular weight excluding hydrogens is 404 g/mol. The number of sulfonamides is 1. The highest BCUT2D eigenvalue weighted by molar-refractivity contribution is 7.89. The summed E-state index contributed by atoms with van der Waals surface area (Å²) in [4.78, 5) is 12.8. The van der Waals surface area contributed by atoms with Gasteiger partial charge in [-0.15, -0.1) is 0 Å². The van der Waals surface area contributed by atoms with Gasteiger partial charge in [-0.05, 0) is 68.4 Å². The molecule has 0 bridgehead atoms. The molecule has 8 heteroatoms. The number of primary sulfonamides is 1. The van der Waals surface area contributed by atoms with E-state index >= 15 is 0 Å². The molecule has 7 nitrogen and oxygen atoms in total. The largest absolute Gasteiger partial charge is 0.494 e. The minimum atomic E-state index is -3.88. The van der Waals surface area contributed by atoms with Crippen LogP contribution in [0.15, 0.2) is 71.6 Å². The normalized spacial score (nSPS) is 11.0. The second-order valence-electron chi connectivity index (χ2n) is 6.53. The van der Waals surface area contributed by atoms with E-state index in [1.807, 2.05) is 19.9 Å². The first-order valence-corrected chi connectivity index (χ1v) is 10.8. The molecule has 3 aromatic carbocycles. The molecule has 0 unspecified atom stereocenters. The van der Waals surface area contributed by atoms with Gasteiger partial charge >= 0.3 is 0 Å². The summed E-state index contributed by atoms with van der Waals surface area (Å²) in [5.74, 6) is 1.20. The van der Waals surface area contributed by atoms with Crippen LogP contribution in [0.4, 0.5) is 5.69 Å². The molecule has 3 aromatic rings. The number of carbonyl (C=O) groups excluding carboxylic acids is 1. The van der Waals surface area contributed by atoms with Crippen molar-refractivity contribution < 1.29 is 22.7 Å². The lowest BCUT2D eigenvalue weighted by Crippen LogP contribution is -2.15. The van der Waals surface area contributed by atoms with Crippen molar-refractivity contribution in [3.05, 3.63) is 77.9 Å². The summed E-state index contributed by atoms with van der Waals surface area (Å²) in [6.07, 6.45) is 0. The molecule has 0 radical (unpaired) electrons. The number of ether oxygens (including phenoxy) is 2. The highest BCUT2D eigenvalue weighted by Crippen LogP contribution is 2.28. The van der Waals surface area contributed by atoms with Crippen LogP contribution in [-0.4, -0.2) is 20.9 Å². The van der Waals surface area contributed by atoms with Gasteiger partial charge in [-0.3, -0.25) is 4.79 Å². The average molecular weight is 426 g/mol. The van der Waals surface area contributed by atoms with Crippen LogP contribution in [0.3, 0.4) is 0 Å². The molecule has 1 amide bonds. The monoisotopic (exact) mass is 426 g/mol. The summed E-state index contributed by atoms with van der Waals surface area (Å²) >= 11 is 0. The number of nitrogens with two attached hydrogens (primary N) is 1. The predicted octanol–water partition coefficient (Wildman–Crippen LogP) is 4.09. The smallest absolute Gasteiger partial charge is 0.259 e. The molecule has 0 atom stereocenters. The molecule has 30 heavy (non-hydrogen) atoms. The molecule has 3 N–H and O–H groups in total. The average Bonchev–Trinajstić information content (AvgIpc) is 2.70. The van der Waals surface area contributed by atoms with Crippen molar-refractivity contribution in [2.24, 2.45) is 5.14 Å². The minimum absolute atomic E-state index is 0.0876. The lowest BCUT2D eigenvalue weighted by atomic mass is 10.1. The number of nitrogens with one attached hydrogen (secondary N) is 1. The summed E-state index contributed by atoms with van der Waals surface area (Å²) in [6, 6.07) is 18.1. The van der Waals surface area contributed by atoms with Crippen molar-refractivity contribution in [3.8, 4) is 17.2 Å². The van der Waals surface area contributed by atoms with Crippen LogP contribution in [0.5, 0.6) is 17.2 Å². The van der Waals surface area contributed by atoms with Crippen LogP contribution in [-0.2, 0) is 10.0 Å². The summed E-state index contributed by atoms with van der Waals surface area (Å²) in [6.45, 7) is 4.33. The Balaban J connectivity index is 1.85. The van der Waals surface area contributed by atoms with Crippen molar-refractivity contribution >= 4 is 21.6 Å². The SMILES string of the molecule is CCOc1ccc(Oc2ccc(C)cc2C(=O)Nc2cccc(S(N)(=O)=O)c2)cc1. The summed E-state index contributed by atoms with van der Waals surface area (Å²) in [5, 5.41) is 7.85. The lowest BCUT2D eigenvalue weighted by molar-refractivity contribution is 0.102. The van der Waals surface area contributed by atoms with E-state index in [1.165, 1.54) is 18.2 Å². The van der Waals surface area contributed by atoms with Gasteiger partial charge in [-0.1, -0.05) is 17.7 Å². The Hall–Kier alpha value is -3.36. The third-order valence-corrected chi connectivity index (χ3v) is 5.07. The Morgan fingerprint density at radius 2 is 1.70 bits per heavy atom. The van der Waals surface area contributed by atoms with Crippen molar-refractivity contribution in [3.63, 3.8) is 0 Å². The van der Waals surface area contributed by atoms with Crippen LogP contribution in [0.25, 0.3) is 0 Å². The highest BCUT2D eigenvalue weighted by atomic mass is 32.2. The summed E-state index contributed by atoms with van der Waals surface area (Å²) in [7, 11) is -3.88. The molecule has 3 rings (SSSR count). The van der Waals surface area contributed by atoms with Crippen LogP contribution in [0.1, 0.15) is 22.8 Å². The first-order chi connectivity index (χ1) is 14.3. The molecule has 0 aliphatic rings. The molecule has 0 aliphatic heterocycles. The summed E-state index contributed by atoms with van der Waals surface area (Å²) in [5.41, 5.74) is 1.49. The van der Waals surface area contributed by atoms with Crippen molar-refractivity contribution in [2.75, 3.05) is 11.9 Å². The third-order valence-electron chi connectivity index (χ3n) is 4.16. The molecule has 156 valence electrons. The Labute approximate surface area is 175 Å². The quantitative estimate of drug-likeness (QED) is 0.592. The molecule has 0 aromatic heterocycles. The standard InChI is InChI=1S/C22H22N2O5S/c1-3-28-17-8-10-18(11-9-17)29-21-12-7-15(2)13-20(21)22(25)24-16-5-4-6-19(14-16)30(23,26)27/h4-14H,3H2,1-2H3,(H,24,25)(H2,23,26,27). The number of hydrogen-bond donors (Lipinski definition) is 2. The number of hydrogen-bond acceptors (Lipinski definition) is 5. The molecule has 0 fully saturated rings. The Morgan fingerprint density at radius 3 is 2.37 bits per heavy atom. The maximum Gasteiger partial charge on any atom is 0.259 e. The Kier molecular flexibility index (Phi) is 6.39. The van der Waals surface area contributed by atoms with Gasteiger partial charge in [-0.2, -0.15) is 0 Å². The van der Waals surface area contributed by atoms with E-state index in [4.69, 9.17) is 14.6 Å². The summed E-state index contributed by atoms with van der Waals surface area (Å²) < 4.78 is 34.4. The van der Waals surface area contributed by atoms with Gasteiger partial charge < -0.3 is 14.8 Å². The van der Waals surface area contributed by atoms with Crippen molar-refractivity contribution in [2.45, 2.75) is 18.7 Å². The van der Waals surface area contributed by atoms with Crippen LogP contribution in [0, 0.1) is 6.92 Å². The van der Waals surface area contributed by atoms with Gasteiger partial charge in [0.1, 0.15) is 17.2 Å². The van der Waals surface area contributed by atoms with Gasteiger partial charge in [-0.25, -0.2) is 13.6 Å². The van der Waals surface area contributed by atoms with E-state index < -0.39 is 15.9 Å². The van der Waals surface area contributed by atoms with E-state index in [-0.39, 0.29) is 4.90 Å². The maximum absolute atomic E-state index is 12.9. The highest BCUT2D eigenvalue weighted by Gasteiger charge is 2.16. The topological polar surface area (TPSA) is 108 Å². The Morgan fingerprint density at radius 1 is 1.00 bits per heavy atom. The minimum Gasteiger partial charge on any atom is -0.494 e. The van der Waals surface area contributed by atoms with E-state index in [1.54, 1.807) is 42.5 Å². The Bertz CT molecular complexity index is 1160. The zero-order valence-electron chi connectivity index (χ0n) is 16.6. The third kappa shape index (κ3) is 5.37. The fourth-order valence-electron chi connectivity index (χ4n) is 2.76. The zero-order valence-corrected chi connectivity index (χ0v) is 17.4. The molecule has 0 heterocycles. The van der Waals surface area contributed by atoms with E-state index in [0.29, 0.717) is 29.4 Å². The number of amides is 1. The molecule has 0 spiro atoms. The van der Waals surface area contributed by atoms with Crippen LogP contribution in [0.2, 0.25) is 0 Å². The van der Waals surface area contributed by atoms with Crippen LogP contribution >= 0.6 is 0 Å². The fraction of sp³-hybridized carbons (Fsp3) is 0.136. The lowest BCUT2D eigenvalue weighted by Gasteiger charge is -2.13. The number of anilines is 1. The number of aryl methyl sites for hydroxylation is 1. The number of benzene rings is 3. The second kappa shape index (κ2) is 8.98. The van der Waals surface area contributed by atoms with E-state index in [2.05, 4.69) is 5.32 Å². The number of carbonyl (C=O) groups is 1. The van der Waals surface area contributed by atoms with Crippen molar-refractivity contribution in [1.29, 1.82) is 0 Å². The first-order valence-electron chi connectivity index (χ1n) is 9.22. The first kappa shape index (κ1) is 21.4. The van der Waals surface area contributed by atoms with Gasteiger partial charge in [0, 0.05) is 5.69 Å². The maximum atomic E-state index is 12.9. The van der Waals surface area contributed by atoms with Gasteiger partial charge in [0.05, 0.1) is 17.1 Å². The fourth-order valence-corrected chi connectivity index (χ4v) is 3.32. The van der Waals surface area contributed by atoms with Crippen molar-refractivity contribution in [1.82, 2.24) is 0 Å². The van der Waals surface area contributed by atoms with E-state index in [0.717, 1.165) is 11.3 Å². The van der Waals surface area contributed by atoms with Crippen LogP contribution < -0.4 is 19.9 Å². The second-order valence-corrected chi connectivity index (χ2v) is 8.09. The molecule has 0 aliphatic carbocycles. The van der Waals surface area contributed by atoms with Gasteiger partial charge in [0.15, 0.2) is 0 Å². The molecule has 0 saturated carbocycles. The van der Waals surface area contributed by atoms with Gasteiger partial charge in [0.25, 0.3) is 5.91 Å². The molecular formula is C22H22N2O5S. The van der Waals surface area contributed by atoms with E-state index in [9.17, 15) is 13.2 Å². The predicted molar refractivity (Wildman–Crippen MR) is 115 cm³/mol. The zero-order chi connectivity index (χ0) is 21.7.